The first kappa shape index (κ1) is 16.3. The number of ketones is 1. The van der Waals surface area contributed by atoms with Gasteiger partial charge >= 0.3 is 0 Å². The molecule has 132 valence electrons. The highest BCUT2D eigenvalue weighted by molar-refractivity contribution is 6.11. The van der Waals surface area contributed by atoms with Gasteiger partial charge in [0.05, 0.1) is 17.5 Å². The summed E-state index contributed by atoms with van der Waals surface area (Å²) < 4.78 is 20.4. The minimum absolute atomic E-state index is 0.0454. The molecule has 0 radical (unpaired) electrons. The van der Waals surface area contributed by atoms with Crippen LogP contribution in [0.4, 0.5) is 4.39 Å². The fourth-order valence-electron chi connectivity index (χ4n) is 4.44. The first-order chi connectivity index (χ1) is 11.9. The Morgan fingerprint density at radius 1 is 1.12 bits per heavy atom. The molecule has 0 spiro atoms. The number of hydrogen-bond donors (Lipinski definition) is 0. The van der Waals surface area contributed by atoms with Crippen molar-refractivity contribution in [1.29, 1.82) is 0 Å². The molecule has 0 bridgehead atoms. The summed E-state index contributed by atoms with van der Waals surface area (Å²) >= 11 is 0. The second kappa shape index (κ2) is 5.68. The number of nitrogens with zero attached hydrogens (tertiary/aromatic N) is 1. The van der Waals surface area contributed by atoms with Gasteiger partial charge < -0.3 is 9.64 Å². The van der Waals surface area contributed by atoms with Crippen LogP contribution in [0.25, 0.3) is 0 Å². The van der Waals surface area contributed by atoms with Gasteiger partial charge in [0.15, 0.2) is 11.5 Å². The van der Waals surface area contributed by atoms with E-state index in [4.69, 9.17) is 4.74 Å². The van der Waals surface area contributed by atoms with E-state index < -0.39 is 11.9 Å². The molecule has 4 rings (SSSR count). The summed E-state index contributed by atoms with van der Waals surface area (Å²) in [4.78, 5) is 27.3. The van der Waals surface area contributed by atoms with Crippen molar-refractivity contribution in [3.63, 3.8) is 0 Å². The van der Waals surface area contributed by atoms with Crippen LogP contribution in [0.2, 0.25) is 0 Å². The molecule has 3 aliphatic rings. The average molecular weight is 343 g/mol. The topological polar surface area (TPSA) is 46.6 Å². The monoisotopic (exact) mass is 343 g/mol. The number of amides is 1. The van der Waals surface area contributed by atoms with Crippen LogP contribution in [0.5, 0.6) is 0 Å². The van der Waals surface area contributed by atoms with Crippen molar-refractivity contribution in [3.05, 3.63) is 47.0 Å². The third-order valence-corrected chi connectivity index (χ3v) is 6.14. The fraction of sp³-hybridized carbons (Fsp3) is 0.500. The number of ether oxygens (including phenoxy) is 1. The molecule has 25 heavy (non-hydrogen) atoms. The second-order valence-corrected chi connectivity index (χ2v) is 7.64. The van der Waals surface area contributed by atoms with Crippen molar-refractivity contribution in [1.82, 2.24) is 4.90 Å². The van der Waals surface area contributed by atoms with E-state index in [-0.39, 0.29) is 29.5 Å². The van der Waals surface area contributed by atoms with Gasteiger partial charge in [-0.2, -0.15) is 0 Å². The maximum Gasteiger partial charge on any atom is 0.289 e. The largest absolute Gasteiger partial charge is 0.483 e. The van der Waals surface area contributed by atoms with Gasteiger partial charge in [-0.1, -0.05) is 32.0 Å². The molecule has 1 aromatic carbocycles. The van der Waals surface area contributed by atoms with Crippen LogP contribution < -0.4 is 0 Å². The normalized spacial score (nSPS) is 34.7. The van der Waals surface area contributed by atoms with E-state index in [1.165, 1.54) is 11.0 Å². The summed E-state index contributed by atoms with van der Waals surface area (Å²) in [6, 6.07) is 5.60. The first-order valence-electron chi connectivity index (χ1n) is 8.86. The third kappa shape index (κ3) is 2.32. The van der Waals surface area contributed by atoms with E-state index >= 15 is 0 Å². The number of rotatable bonds is 1. The van der Waals surface area contributed by atoms with Crippen LogP contribution in [-0.2, 0) is 14.3 Å². The lowest BCUT2D eigenvalue weighted by molar-refractivity contribution is -0.136. The highest BCUT2D eigenvalue weighted by Crippen LogP contribution is 2.48. The van der Waals surface area contributed by atoms with E-state index in [0.29, 0.717) is 23.0 Å². The highest BCUT2D eigenvalue weighted by atomic mass is 19.1. The molecular weight excluding hydrogens is 321 g/mol. The van der Waals surface area contributed by atoms with E-state index in [1.807, 2.05) is 0 Å². The lowest BCUT2D eigenvalue weighted by Crippen LogP contribution is -2.43. The smallest absolute Gasteiger partial charge is 0.289 e. The standard InChI is InChI=1S/C20H22FNO3/c1-10-8-13-15(9-11(10)2)25-19-16(18(13)23)17(22(3)20(19)24)12-6-4-5-7-14(12)21/h4-7,10-11,13,15,17H,8-9H2,1-3H3. The molecule has 2 aliphatic heterocycles. The van der Waals surface area contributed by atoms with Crippen LogP contribution in [0, 0.1) is 23.6 Å². The van der Waals surface area contributed by atoms with Crippen LogP contribution >= 0.6 is 0 Å². The van der Waals surface area contributed by atoms with Crippen molar-refractivity contribution in [2.45, 2.75) is 38.8 Å². The predicted octanol–water partition coefficient (Wildman–Crippen LogP) is 3.24. The quantitative estimate of drug-likeness (QED) is 0.786. The highest BCUT2D eigenvalue weighted by Gasteiger charge is 2.52. The molecule has 0 aromatic heterocycles. The fourth-order valence-corrected chi connectivity index (χ4v) is 4.44. The zero-order chi connectivity index (χ0) is 17.9. The Bertz CT molecular complexity index is 787. The first-order valence-corrected chi connectivity index (χ1v) is 8.86. The number of Topliss-reactive ketones (excluding diaryl/α,β-unsaturated/α-hetero) is 1. The Balaban J connectivity index is 1.79. The molecule has 4 nitrogen and oxygen atoms in total. The van der Waals surface area contributed by atoms with Gasteiger partial charge in [-0.15, -0.1) is 0 Å². The molecule has 2 heterocycles. The number of hydrogen-bond acceptors (Lipinski definition) is 3. The van der Waals surface area contributed by atoms with E-state index in [2.05, 4.69) is 13.8 Å². The van der Waals surface area contributed by atoms with Gasteiger partial charge in [-0.3, -0.25) is 9.59 Å². The Kier molecular flexibility index (Phi) is 3.71. The molecule has 1 fully saturated rings. The Morgan fingerprint density at radius 3 is 2.52 bits per heavy atom. The molecule has 1 aliphatic carbocycles. The van der Waals surface area contributed by atoms with E-state index in [1.54, 1.807) is 25.2 Å². The maximum absolute atomic E-state index is 14.4. The summed E-state index contributed by atoms with van der Waals surface area (Å²) in [5.41, 5.74) is 0.677. The number of fused-ring (bicyclic) bond motifs is 1. The van der Waals surface area contributed by atoms with Crippen LogP contribution in [0.1, 0.15) is 38.3 Å². The van der Waals surface area contributed by atoms with Gasteiger partial charge in [-0.25, -0.2) is 4.39 Å². The van der Waals surface area contributed by atoms with Crippen molar-refractivity contribution in [2.75, 3.05) is 7.05 Å². The number of halogens is 1. The Labute approximate surface area is 146 Å². The van der Waals surface area contributed by atoms with Crippen molar-refractivity contribution in [3.8, 4) is 0 Å². The maximum atomic E-state index is 14.4. The van der Waals surface area contributed by atoms with Gasteiger partial charge in [0.25, 0.3) is 5.91 Å². The molecule has 5 heteroatoms. The second-order valence-electron chi connectivity index (χ2n) is 7.64. The molecule has 1 amide bonds. The van der Waals surface area contributed by atoms with E-state index in [9.17, 15) is 14.0 Å². The molecule has 0 saturated heterocycles. The van der Waals surface area contributed by atoms with Crippen LogP contribution in [0.3, 0.4) is 0 Å². The van der Waals surface area contributed by atoms with Gasteiger partial charge in [0.1, 0.15) is 11.9 Å². The summed E-state index contributed by atoms with van der Waals surface area (Å²) in [6.07, 6.45) is 1.29. The molecular formula is C20H22FNO3. The number of likely N-dealkylation sites (N-methyl/N-ethyl adjacent to an activating group) is 1. The third-order valence-electron chi connectivity index (χ3n) is 6.14. The van der Waals surface area contributed by atoms with Crippen LogP contribution in [-0.4, -0.2) is 29.7 Å². The summed E-state index contributed by atoms with van der Waals surface area (Å²) in [7, 11) is 1.60. The number of carbonyl (C=O) groups is 2. The zero-order valence-electron chi connectivity index (χ0n) is 14.7. The lowest BCUT2D eigenvalue weighted by Gasteiger charge is -2.40. The lowest BCUT2D eigenvalue weighted by atomic mass is 9.70. The van der Waals surface area contributed by atoms with Gasteiger partial charge in [-0.05, 0) is 30.7 Å². The minimum Gasteiger partial charge on any atom is -0.483 e. The zero-order valence-corrected chi connectivity index (χ0v) is 14.7. The average Bonchev–Trinajstić information content (AvgIpc) is 2.83. The minimum atomic E-state index is -0.702. The molecule has 5 unspecified atom stereocenters. The summed E-state index contributed by atoms with van der Waals surface area (Å²) in [5.74, 6) is -0.0217. The molecule has 1 aromatic rings. The summed E-state index contributed by atoms with van der Waals surface area (Å²) in [5, 5.41) is 0. The number of carbonyl (C=O) groups excluding carboxylic acids is 2. The molecule has 0 N–H and O–H groups in total. The van der Waals surface area contributed by atoms with Gasteiger partial charge in [0, 0.05) is 12.6 Å². The Morgan fingerprint density at radius 2 is 1.80 bits per heavy atom. The molecule has 5 atom stereocenters. The molecule has 1 saturated carbocycles. The van der Waals surface area contributed by atoms with Gasteiger partial charge in [0.2, 0.25) is 0 Å². The van der Waals surface area contributed by atoms with Crippen molar-refractivity contribution >= 4 is 11.7 Å². The Hall–Kier alpha value is -2.17. The predicted molar refractivity (Wildman–Crippen MR) is 89.9 cm³/mol. The SMILES string of the molecule is CC1CC2OC3=C(C(=O)C2CC1C)C(c1ccccc1F)N(C)C3=O. The summed E-state index contributed by atoms with van der Waals surface area (Å²) in [6.45, 7) is 4.31. The van der Waals surface area contributed by atoms with Crippen LogP contribution in [0.15, 0.2) is 35.6 Å². The van der Waals surface area contributed by atoms with E-state index in [0.717, 1.165) is 12.8 Å². The van der Waals surface area contributed by atoms with Crippen molar-refractivity contribution in [2.24, 2.45) is 17.8 Å². The van der Waals surface area contributed by atoms with Crippen molar-refractivity contribution < 1.29 is 18.7 Å². The number of benzene rings is 1.